The second-order valence-electron chi connectivity index (χ2n) is 3.91. The number of hydrogen-bond donors (Lipinski definition) is 1. The predicted molar refractivity (Wildman–Crippen MR) is 45.9 cm³/mol. The van der Waals surface area contributed by atoms with Gasteiger partial charge < -0.3 is 15.2 Å². The SMILES string of the molecule is NC1(C2CCOC2)CCOCC1. The molecule has 70 valence electrons. The average molecular weight is 171 g/mol. The number of nitrogens with two attached hydrogens (primary N) is 1. The van der Waals surface area contributed by atoms with E-state index in [0.717, 1.165) is 45.7 Å². The van der Waals surface area contributed by atoms with Gasteiger partial charge in [-0.15, -0.1) is 0 Å². The van der Waals surface area contributed by atoms with E-state index < -0.39 is 0 Å². The Balaban J connectivity index is 1.97. The van der Waals surface area contributed by atoms with Crippen molar-refractivity contribution < 1.29 is 9.47 Å². The van der Waals surface area contributed by atoms with E-state index in [1.54, 1.807) is 0 Å². The molecule has 0 amide bonds. The van der Waals surface area contributed by atoms with Crippen molar-refractivity contribution in [1.82, 2.24) is 0 Å². The van der Waals surface area contributed by atoms with E-state index in [2.05, 4.69) is 0 Å². The summed E-state index contributed by atoms with van der Waals surface area (Å²) >= 11 is 0. The largest absolute Gasteiger partial charge is 0.381 e. The monoisotopic (exact) mass is 171 g/mol. The molecule has 2 rings (SSSR count). The Hall–Kier alpha value is -0.120. The molecule has 2 aliphatic heterocycles. The molecule has 2 N–H and O–H groups in total. The molecular weight excluding hydrogens is 154 g/mol. The summed E-state index contributed by atoms with van der Waals surface area (Å²) in [6.45, 7) is 3.40. The van der Waals surface area contributed by atoms with Crippen LogP contribution in [0.5, 0.6) is 0 Å². The molecule has 3 heteroatoms. The van der Waals surface area contributed by atoms with Gasteiger partial charge in [0, 0.05) is 31.3 Å². The van der Waals surface area contributed by atoms with Crippen LogP contribution in [-0.4, -0.2) is 32.0 Å². The lowest BCUT2D eigenvalue weighted by Crippen LogP contribution is -2.51. The Labute approximate surface area is 73.2 Å². The fourth-order valence-electron chi connectivity index (χ4n) is 2.15. The molecule has 3 nitrogen and oxygen atoms in total. The highest BCUT2D eigenvalue weighted by Crippen LogP contribution is 2.31. The molecule has 2 aliphatic rings. The summed E-state index contributed by atoms with van der Waals surface area (Å²) in [4.78, 5) is 0. The fraction of sp³-hybridized carbons (Fsp3) is 1.00. The van der Waals surface area contributed by atoms with Crippen LogP contribution in [0.25, 0.3) is 0 Å². The van der Waals surface area contributed by atoms with E-state index in [-0.39, 0.29) is 5.54 Å². The van der Waals surface area contributed by atoms with Gasteiger partial charge in [0.25, 0.3) is 0 Å². The van der Waals surface area contributed by atoms with Crippen molar-refractivity contribution in [3.63, 3.8) is 0 Å². The molecular formula is C9H17NO2. The van der Waals surface area contributed by atoms with Crippen molar-refractivity contribution in [1.29, 1.82) is 0 Å². The zero-order chi connectivity index (χ0) is 8.44. The molecule has 0 spiro atoms. The van der Waals surface area contributed by atoms with Crippen LogP contribution in [0.2, 0.25) is 0 Å². The lowest BCUT2D eigenvalue weighted by molar-refractivity contribution is 0.0270. The quantitative estimate of drug-likeness (QED) is 0.626. The van der Waals surface area contributed by atoms with E-state index in [1.807, 2.05) is 0 Å². The smallest absolute Gasteiger partial charge is 0.0512 e. The molecule has 1 unspecified atom stereocenters. The standard InChI is InChI=1S/C9H17NO2/c10-9(2-5-11-6-3-9)8-1-4-12-7-8/h8H,1-7,10H2. The van der Waals surface area contributed by atoms with Gasteiger partial charge in [-0.05, 0) is 19.3 Å². The first-order chi connectivity index (χ1) is 5.81. The van der Waals surface area contributed by atoms with Gasteiger partial charge in [0.05, 0.1) is 6.61 Å². The molecule has 0 aromatic rings. The summed E-state index contributed by atoms with van der Waals surface area (Å²) in [6, 6.07) is 0. The first-order valence-electron chi connectivity index (χ1n) is 4.76. The maximum Gasteiger partial charge on any atom is 0.0512 e. The van der Waals surface area contributed by atoms with E-state index in [1.165, 1.54) is 0 Å². The fourth-order valence-corrected chi connectivity index (χ4v) is 2.15. The molecule has 2 saturated heterocycles. The first kappa shape index (κ1) is 8.48. The Morgan fingerprint density at radius 1 is 1.08 bits per heavy atom. The Morgan fingerprint density at radius 2 is 1.83 bits per heavy atom. The highest BCUT2D eigenvalue weighted by Gasteiger charge is 2.38. The molecule has 0 aliphatic carbocycles. The van der Waals surface area contributed by atoms with Crippen LogP contribution in [0.4, 0.5) is 0 Å². The Morgan fingerprint density at radius 3 is 2.42 bits per heavy atom. The minimum atomic E-state index is 0.00868. The van der Waals surface area contributed by atoms with E-state index in [9.17, 15) is 0 Å². The third-order valence-electron chi connectivity index (χ3n) is 3.17. The zero-order valence-electron chi connectivity index (χ0n) is 7.42. The third-order valence-corrected chi connectivity index (χ3v) is 3.17. The van der Waals surface area contributed by atoms with Crippen LogP contribution in [0.3, 0.4) is 0 Å². The van der Waals surface area contributed by atoms with Crippen LogP contribution >= 0.6 is 0 Å². The lowest BCUT2D eigenvalue weighted by atomic mass is 9.78. The summed E-state index contributed by atoms with van der Waals surface area (Å²) in [5.74, 6) is 0.571. The van der Waals surface area contributed by atoms with E-state index >= 15 is 0 Å². The van der Waals surface area contributed by atoms with Crippen LogP contribution < -0.4 is 5.73 Å². The number of hydrogen-bond acceptors (Lipinski definition) is 3. The second kappa shape index (κ2) is 3.32. The van der Waals surface area contributed by atoms with Gasteiger partial charge >= 0.3 is 0 Å². The molecule has 0 bridgehead atoms. The highest BCUT2D eigenvalue weighted by atomic mass is 16.5. The maximum atomic E-state index is 6.30. The third kappa shape index (κ3) is 1.49. The Kier molecular flexibility index (Phi) is 2.35. The van der Waals surface area contributed by atoms with Crippen LogP contribution in [0, 0.1) is 5.92 Å². The molecule has 0 aromatic carbocycles. The topological polar surface area (TPSA) is 44.5 Å². The van der Waals surface area contributed by atoms with Gasteiger partial charge in [0.15, 0.2) is 0 Å². The van der Waals surface area contributed by atoms with Gasteiger partial charge in [0.1, 0.15) is 0 Å². The van der Waals surface area contributed by atoms with Gasteiger partial charge in [-0.2, -0.15) is 0 Å². The minimum Gasteiger partial charge on any atom is -0.381 e. The van der Waals surface area contributed by atoms with Crippen molar-refractivity contribution in [3.05, 3.63) is 0 Å². The average Bonchev–Trinajstić information content (AvgIpc) is 2.58. The first-order valence-corrected chi connectivity index (χ1v) is 4.76. The van der Waals surface area contributed by atoms with Crippen molar-refractivity contribution in [2.45, 2.75) is 24.8 Å². The lowest BCUT2D eigenvalue weighted by Gasteiger charge is -2.37. The van der Waals surface area contributed by atoms with Crippen LogP contribution in [0.15, 0.2) is 0 Å². The van der Waals surface area contributed by atoms with Crippen LogP contribution in [-0.2, 0) is 9.47 Å². The minimum absolute atomic E-state index is 0.00868. The second-order valence-corrected chi connectivity index (χ2v) is 3.91. The maximum absolute atomic E-state index is 6.30. The van der Waals surface area contributed by atoms with Crippen molar-refractivity contribution in [2.24, 2.45) is 11.7 Å². The number of rotatable bonds is 1. The van der Waals surface area contributed by atoms with Gasteiger partial charge in [-0.25, -0.2) is 0 Å². The Bertz CT molecular complexity index is 149. The van der Waals surface area contributed by atoms with Gasteiger partial charge in [-0.3, -0.25) is 0 Å². The molecule has 12 heavy (non-hydrogen) atoms. The van der Waals surface area contributed by atoms with Crippen molar-refractivity contribution in [2.75, 3.05) is 26.4 Å². The molecule has 0 radical (unpaired) electrons. The van der Waals surface area contributed by atoms with Crippen molar-refractivity contribution in [3.8, 4) is 0 Å². The predicted octanol–water partition coefficient (Wildman–Crippen LogP) is 0.531. The number of ether oxygens (including phenoxy) is 2. The van der Waals surface area contributed by atoms with Gasteiger partial charge in [0.2, 0.25) is 0 Å². The highest BCUT2D eigenvalue weighted by molar-refractivity contribution is 4.94. The summed E-state index contributed by atoms with van der Waals surface area (Å²) in [7, 11) is 0. The van der Waals surface area contributed by atoms with E-state index in [0.29, 0.717) is 5.92 Å². The molecule has 2 heterocycles. The van der Waals surface area contributed by atoms with Crippen molar-refractivity contribution >= 4 is 0 Å². The van der Waals surface area contributed by atoms with E-state index in [4.69, 9.17) is 15.2 Å². The molecule has 0 saturated carbocycles. The summed E-state index contributed by atoms with van der Waals surface area (Å²) in [6.07, 6.45) is 3.14. The van der Waals surface area contributed by atoms with Crippen LogP contribution in [0.1, 0.15) is 19.3 Å². The molecule has 2 fully saturated rings. The summed E-state index contributed by atoms with van der Waals surface area (Å²) in [5.41, 5.74) is 6.31. The molecule has 1 atom stereocenters. The zero-order valence-corrected chi connectivity index (χ0v) is 7.42. The molecule has 0 aromatic heterocycles. The summed E-state index contributed by atoms with van der Waals surface area (Å²) < 4.78 is 10.7. The normalized spacial score (nSPS) is 35.2. The summed E-state index contributed by atoms with van der Waals surface area (Å²) in [5, 5.41) is 0. The van der Waals surface area contributed by atoms with Gasteiger partial charge in [-0.1, -0.05) is 0 Å².